The average Bonchev–Trinajstić information content (AvgIpc) is 2.66. The standard InChI is InChI=1S/C13H15FN2/c1-2-4-13-15-7-8-16(13)10-11-5-3-6-12(14)9-11/h3,5-9H,2,4,10H2,1H3. The second kappa shape index (κ2) is 4.92. The van der Waals surface area contributed by atoms with Crippen LogP contribution in [0.5, 0.6) is 0 Å². The van der Waals surface area contributed by atoms with E-state index >= 15 is 0 Å². The number of aryl methyl sites for hydroxylation is 1. The van der Waals surface area contributed by atoms with Gasteiger partial charge in [0.15, 0.2) is 0 Å². The zero-order chi connectivity index (χ0) is 11.4. The fourth-order valence-electron chi connectivity index (χ4n) is 1.77. The summed E-state index contributed by atoms with van der Waals surface area (Å²) in [7, 11) is 0. The predicted octanol–water partition coefficient (Wildman–Crippen LogP) is 3.02. The second-order valence-corrected chi connectivity index (χ2v) is 3.85. The van der Waals surface area contributed by atoms with Crippen LogP contribution in [0.1, 0.15) is 24.7 Å². The molecule has 0 bridgehead atoms. The van der Waals surface area contributed by atoms with Gasteiger partial charge in [-0.25, -0.2) is 9.37 Å². The molecule has 0 saturated carbocycles. The van der Waals surface area contributed by atoms with Crippen molar-refractivity contribution in [1.82, 2.24) is 9.55 Å². The van der Waals surface area contributed by atoms with Gasteiger partial charge in [0.05, 0.1) is 0 Å². The fourth-order valence-corrected chi connectivity index (χ4v) is 1.77. The zero-order valence-corrected chi connectivity index (χ0v) is 9.36. The molecule has 16 heavy (non-hydrogen) atoms. The molecule has 0 spiro atoms. The molecule has 0 atom stereocenters. The van der Waals surface area contributed by atoms with Crippen LogP contribution in [0.3, 0.4) is 0 Å². The van der Waals surface area contributed by atoms with E-state index in [0.717, 1.165) is 24.2 Å². The van der Waals surface area contributed by atoms with Gasteiger partial charge in [0, 0.05) is 25.4 Å². The Labute approximate surface area is 94.8 Å². The summed E-state index contributed by atoms with van der Waals surface area (Å²) in [5, 5.41) is 0. The van der Waals surface area contributed by atoms with Gasteiger partial charge in [0.1, 0.15) is 11.6 Å². The highest BCUT2D eigenvalue weighted by Gasteiger charge is 2.02. The lowest BCUT2D eigenvalue weighted by Gasteiger charge is -2.07. The largest absolute Gasteiger partial charge is 0.331 e. The maximum absolute atomic E-state index is 13.0. The molecular formula is C13H15FN2. The Morgan fingerprint density at radius 3 is 3.00 bits per heavy atom. The molecule has 0 aliphatic carbocycles. The van der Waals surface area contributed by atoms with Crippen LogP contribution in [0.2, 0.25) is 0 Å². The topological polar surface area (TPSA) is 17.8 Å². The Morgan fingerprint density at radius 1 is 1.38 bits per heavy atom. The fraction of sp³-hybridized carbons (Fsp3) is 0.308. The number of hydrogen-bond acceptors (Lipinski definition) is 1. The summed E-state index contributed by atoms with van der Waals surface area (Å²) in [6.45, 7) is 2.81. The van der Waals surface area contributed by atoms with Crippen LogP contribution in [0.25, 0.3) is 0 Å². The van der Waals surface area contributed by atoms with Crippen LogP contribution in [0, 0.1) is 5.82 Å². The molecule has 2 rings (SSSR count). The predicted molar refractivity (Wildman–Crippen MR) is 61.7 cm³/mol. The van der Waals surface area contributed by atoms with E-state index in [1.54, 1.807) is 18.3 Å². The van der Waals surface area contributed by atoms with Crippen LogP contribution in [0.4, 0.5) is 4.39 Å². The summed E-state index contributed by atoms with van der Waals surface area (Å²) < 4.78 is 15.1. The Morgan fingerprint density at radius 2 is 2.25 bits per heavy atom. The van der Waals surface area contributed by atoms with Crippen molar-refractivity contribution in [3.05, 3.63) is 53.9 Å². The van der Waals surface area contributed by atoms with E-state index in [2.05, 4.69) is 16.5 Å². The maximum Gasteiger partial charge on any atom is 0.123 e. The van der Waals surface area contributed by atoms with E-state index in [1.807, 2.05) is 12.3 Å². The first kappa shape index (κ1) is 10.9. The van der Waals surface area contributed by atoms with E-state index < -0.39 is 0 Å². The maximum atomic E-state index is 13.0. The highest BCUT2D eigenvalue weighted by molar-refractivity contribution is 5.17. The highest BCUT2D eigenvalue weighted by Crippen LogP contribution is 2.08. The highest BCUT2D eigenvalue weighted by atomic mass is 19.1. The molecule has 0 saturated heterocycles. The zero-order valence-electron chi connectivity index (χ0n) is 9.36. The van der Waals surface area contributed by atoms with Gasteiger partial charge in [0.2, 0.25) is 0 Å². The van der Waals surface area contributed by atoms with Crippen molar-refractivity contribution in [2.24, 2.45) is 0 Å². The average molecular weight is 218 g/mol. The SMILES string of the molecule is CCCc1nccn1Cc1cccc(F)c1. The lowest BCUT2D eigenvalue weighted by Crippen LogP contribution is -2.04. The molecule has 1 aromatic carbocycles. The molecule has 0 aliphatic heterocycles. The third kappa shape index (κ3) is 2.48. The van der Waals surface area contributed by atoms with Crippen molar-refractivity contribution in [1.29, 1.82) is 0 Å². The molecule has 1 heterocycles. The van der Waals surface area contributed by atoms with Gasteiger partial charge in [-0.2, -0.15) is 0 Å². The second-order valence-electron chi connectivity index (χ2n) is 3.85. The van der Waals surface area contributed by atoms with Gasteiger partial charge < -0.3 is 4.57 Å². The van der Waals surface area contributed by atoms with Gasteiger partial charge in [-0.1, -0.05) is 19.1 Å². The number of benzene rings is 1. The van der Waals surface area contributed by atoms with Gasteiger partial charge in [0.25, 0.3) is 0 Å². The summed E-state index contributed by atoms with van der Waals surface area (Å²) in [6.07, 6.45) is 5.77. The molecule has 2 nitrogen and oxygen atoms in total. The molecule has 84 valence electrons. The van der Waals surface area contributed by atoms with Crippen molar-refractivity contribution >= 4 is 0 Å². The van der Waals surface area contributed by atoms with Crippen molar-refractivity contribution in [2.45, 2.75) is 26.3 Å². The van der Waals surface area contributed by atoms with Crippen molar-refractivity contribution < 1.29 is 4.39 Å². The number of halogens is 1. The minimum Gasteiger partial charge on any atom is -0.331 e. The Hall–Kier alpha value is -1.64. The van der Waals surface area contributed by atoms with Gasteiger partial charge in [-0.3, -0.25) is 0 Å². The quantitative estimate of drug-likeness (QED) is 0.771. The number of nitrogens with zero attached hydrogens (tertiary/aromatic N) is 2. The molecule has 0 unspecified atom stereocenters. The summed E-state index contributed by atoms with van der Waals surface area (Å²) in [5.74, 6) is 0.876. The van der Waals surface area contributed by atoms with Crippen molar-refractivity contribution in [3.8, 4) is 0 Å². The number of aromatic nitrogens is 2. The lowest BCUT2D eigenvalue weighted by atomic mass is 10.2. The smallest absolute Gasteiger partial charge is 0.123 e. The van der Waals surface area contributed by atoms with Gasteiger partial charge in [-0.05, 0) is 24.1 Å². The monoisotopic (exact) mass is 218 g/mol. The van der Waals surface area contributed by atoms with E-state index in [4.69, 9.17) is 0 Å². The van der Waals surface area contributed by atoms with Gasteiger partial charge >= 0.3 is 0 Å². The molecule has 0 amide bonds. The first-order valence-corrected chi connectivity index (χ1v) is 5.54. The van der Waals surface area contributed by atoms with Crippen LogP contribution in [-0.4, -0.2) is 9.55 Å². The number of hydrogen-bond donors (Lipinski definition) is 0. The van der Waals surface area contributed by atoms with E-state index in [0.29, 0.717) is 6.54 Å². The summed E-state index contributed by atoms with van der Waals surface area (Å²) in [5.41, 5.74) is 0.968. The summed E-state index contributed by atoms with van der Waals surface area (Å²) in [6, 6.07) is 6.69. The molecular weight excluding hydrogens is 203 g/mol. The van der Waals surface area contributed by atoms with E-state index in [1.165, 1.54) is 6.07 Å². The number of rotatable bonds is 4. The molecule has 0 N–H and O–H groups in total. The van der Waals surface area contributed by atoms with E-state index in [9.17, 15) is 4.39 Å². The third-order valence-electron chi connectivity index (χ3n) is 2.52. The van der Waals surface area contributed by atoms with Crippen molar-refractivity contribution in [2.75, 3.05) is 0 Å². The first-order valence-electron chi connectivity index (χ1n) is 5.54. The molecule has 3 heteroatoms. The van der Waals surface area contributed by atoms with E-state index in [-0.39, 0.29) is 5.82 Å². The summed E-state index contributed by atoms with van der Waals surface area (Å²) in [4.78, 5) is 4.29. The van der Waals surface area contributed by atoms with Crippen LogP contribution in [-0.2, 0) is 13.0 Å². The molecule has 2 aromatic rings. The minimum atomic E-state index is -0.186. The molecule has 0 aliphatic rings. The molecule has 0 fully saturated rings. The Kier molecular flexibility index (Phi) is 3.34. The minimum absolute atomic E-state index is 0.186. The first-order chi connectivity index (χ1) is 7.79. The Bertz CT molecular complexity index is 462. The third-order valence-corrected chi connectivity index (χ3v) is 2.52. The van der Waals surface area contributed by atoms with Crippen LogP contribution in [0.15, 0.2) is 36.7 Å². The van der Waals surface area contributed by atoms with Crippen LogP contribution >= 0.6 is 0 Å². The van der Waals surface area contributed by atoms with Crippen LogP contribution < -0.4 is 0 Å². The summed E-state index contributed by atoms with van der Waals surface area (Å²) >= 11 is 0. The normalized spacial score (nSPS) is 10.6. The van der Waals surface area contributed by atoms with Crippen molar-refractivity contribution in [3.63, 3.8) is 0 Å². The molecule has 0 radical (unpaired) electrons. The number of imidazole rings is 1. The molecule has 1 aromatic heterocycles. The lowest BCUT2D eigenvalue weighted by molar-refractivity contribution is 0.621. The van der Waals surface area contributed by atoms with Gasteiger partial charge in [-0.15, -0.1) is 0 Å². The Balaban J connectivity index is 2.17.